The number of ether oxygens (including phenoxy) is 2. The van der Waals surface area contributed by atoms with Crippen LogP contribution in [0, 0.1) is 23.5 Å². The van der Waals surface area contributed by atoms with Crippen molar-refractivity contribution in [3.05, 3.63) is 71.8 Å². The van der Waals surface area contributed by atoms with Gasteiger partial charge in [0.15, 0.2) is 0 Å². The number of carbonyl (C=O) groups excluding carboxylic acids is 3. The van der Waals surface area contributed by atoms with Crippen molar-refractivity contribution in [2.45, 2.75) is 77.5 Å². The van der Waals surface area contributed by atoms with E-state index < -0.39 is 29.8 Å². The van der Waals surface area contributed by atoms with Crippen molar-refractivity contribution in [3.63, 3.8) is 0 Å². The van der Waals surface area contributed by atoms with Crippen LogP contribution in [0.25, 0.3) is 44.3 Å². The summed E-state index contributed by atoms with van der Waals surface area (Å²) in [5.74, 6) is -0.280. The Morgan fingerprint density at radius 2 is 1.23 bits per heavy atom. The first kappa shape index (κ1) is 39.8. The molecule has 2 aliphatic heterocycles. The largest absolute Gasteiger partial charge is 0.453 e. The van der Waals surface area contributed by atoms with Gasteiger partial charge in [-0.1, -0.05) is 39.8 Å². The first-order valence-corrected chi connectivity index (χ1v) is 19.5. The van der Waals surface area contributed by atoms with Crippen molar-refractivity contribution in [1.82, 2.24) is 40.4 Å². The zero-order valence-corrected chi connectivity index (χ0v) is 33.1. The Morgan fingerprint density at radius 3 is 1.67 bits per heavy atom. The van der Waals surface area contributed by atoms with Crippen LogP contribution in [0.5, 0.6) is 0 Å². The molecular formula is C42H50F2N8O5. The number of aromatic nitrogens is 4. The molecule has 57 heavy (non-hydrogen) atoms. The van der Waals surface area contributed by atoms with E-state index in [1.165, 1.54) is 19.2 Å². The monoisotopic (exact) mass is 784 g/mol. The summed E-state index contributed by atoms with van der Waals surface area (Å²) in [5, 5.41) is 5.85. The molecule has 0 aliphatic carbocycles. The number of nitrogens with zero attached hydrogens (tertiary/aromatic N) is 4. The van der Waals surface area contributed by atoms with Gasteiger partial charge >= 0.3 is 6.09 Å². The van der Waals surface area contributed by atoms with E-state index in [9.17, 15) is 14.4 Å². The number of alkyl carbamates (subject to hydrolysis) is 1. The average molecular weight is 785 g/mol. The zero-order valence-electron chi connectivity index (χ0n) is 33.1. The number of hydrogen-bond donors (Lipinski definition) is 4. The molecule has 7 rings (SSSR count). The van der Waals surface area contributed by atoms with Crippen molar-refractivity contribution in [2.24, 2.45) is 11.8 Å². The lowest BCUT2D eigenvalue weighted by molar-refractivity contribution is -0.136. The van der Waals surface area contributed by atoms with Gasteiger partial charge in [-0.25, -0.2) is 23.5 Å². The summed E-state index contributed by atoms with van der Waals surface area (Å²) in [7, 11) is 2.84. The second-order valence-electron chi connectivity index (χ2n) is 15.6. The van der Waals surface area contributed by atoms with Crippen molar-refractivity contribution in [2.75, 3.05) is 34.0 Å². The first-order valence-electron chi connectivity index (χ1n) is 19.5. The minimum Gasteiger partial charge on any atom is -0.453 e. The van der Waals surface area contributed by atoms with E-state index in [2.05, 4.69) is 20.6 Å². The normalized spacial score (nSPS) is 18.3. The number of nitrogens with one attached hydrogen (secondary N) is 4. The van der Waals surface area contributed by atoms with Gasteiger partial charge in [-0.15, -0.1) is 0 Å². The molecule has 4 heterocycles. The molecule has 4 N–H and O–H groups in total. The van der Waals surface area contributed by atoms with Gasteiger partial charge in [0.2, 0.25) is 11.8 Å². The number of likely N-dealkylation sites (tertiary alicyclic amines) is 2. The van der Waals surface area contributed by atoms with E-state index in [4.69, 9.17) is 19.4 Å². The molecule has 2 fully saturated rings. The highest BCUT2D eigenvalue weighted by Gasteiger charge is 2.38. The Labute approximate surface area is 329 Å². The molecule has 0 saturated carbocycles. The van der Waals surface area contributed by atoms with Gasteiger partial charge in [-0.05, 0) is 85.0 Å². The number of methoxy groups -OCH3 is 2. The Kier molecular flexibility index (Phi) is 11.6. The van der Waals surface area contributed by atoms with Gasteiger partial charge < -0.3 is 34.6 Å². The van der Waals surface area contributed by atoms with Crippen LogP contribution in [0.3, 0.4) is 0 Å². The van der Waals surface area contributed by atoms with Crippen molar-refractivity contribution in [3.8, 4) is 22.3 Å². The van der Waals surface area contributed by atoms with Gasteiger partial charge in [0.05, 0.1) is 54.0 Å². The fraction of sp³-hybridized carbons (Fsp3) is 0.452. The third-order valence-corrected chi connectivity index (χ3v) is 11.2. The van der Waals surface area contributed by atoms with Crippen LogP contribution in [-0.2, 0) is 19.1 Å². The van der Waals surface area contributed by atoms with Crippen LogP contribution in [0.2, 0.25) is 0 Å². The average Bonchev–Trinajstić information content (AvgIpc) is 4.02. The number of rotatable bonds is 12. The maximum absolute atomic E-state index is 15.9. The smallest absolute Gasteiger partial charge is 0.407 e. The standard InChI is InChI=1S/C42H50F2N8O5/c1-22(2)36(45-21-56-5)40(53)51-15-7-9-34(51)38-46-30-13-11-24(17-32(30)48-38)26-19-29(44)27(20-28(26)43)25-12-14-31-33(18-25)49-39(47-31)35-10-8-16-52(35)41(54)37(23(3)4)50-42(55)57-6/h11-14,17-20,22-23,34-37,45H,7-10,15-16,21H2,1-6H3,(H,46,48)(H,47,49)(H,50,55). The van der Waals surface area contributed by atoms with Crippen LogP contribution in [0.15, 0.2) is 48.5 Å². The number of carbonyl (C=O) groups is 3. The van der Waals surface area contributed by atoms with Crippen LogP contribution < -0.4 is 10.6 Å². The van der Waals surface area contributed by atoms with Gasteiger partial charge in [-0.3, -0.25) is 14.9 Å². The Hall–Kier alpha value is -5.41. The molecule has 3 amide bonds. The molecule has 2 aromatic heterocycles. The summed E-state index contributed by atoms with van der Waals surface area (Å²) in [5.41, 5.74) is 3.71. The lowest BCUT2D eigenvalue weighted by atomic mass is 9.98. The number of halogens is 2. The lowest BCUT2D eigenvalue weighted by Crippen LogP contribution is -2.51. The highest BCUT2D eigenvalue weighted by Crippen LogP contribution is 2.37. The number of aromatic amines is 2. The number of H-pyrrole nitrogens is 2. The summed E-state index contributed by atoms with van der Waals surface area (Å²) in [6, 6.07) is 11.1. The van der Waals surface area contributed by atoms with Crippen LogP contribution in [-0.4, -0.2) is 93.8 Å². The predicted octanol–water partition coefficient (Wildman–Crippen LogP) is 6.98. The van der Waals surface area contributed by atoms with E-state index in [1.54, 1.807) is 48.4 Å². The number of fused-ring (bicyclic) bond motifs is 2. The summed E-state index contributed by atoms with van der Waals surface area (Å²) in [4.78, 5) is 59.0. The highest BCUT2D eigenvalue weighted by molar-refractivity contribution is 5.88. The maximum Gasteiger partial charge on any atom is 0.407 e. The molecule has 0 bridgehead atoms. The second-order valence-corrected chi connectivity index (χ2v) is 15.6. The van der Waals surface area contributed by atoms with Crippen molar-refractivity contribution >= 4 is 40.0 Å². The summed E-state index contributed by atoms with van der Waals surface area (Å²) >= 11 is 0. The fourth-order valence-electron chi connectivity index (χ4n) is 8.17. The topological polar surface area (TPSA) is 158 Å². The molecule has 5 aromatic rings. The molecule has 0 spiro atoms. The van der Waals surface area contributed by atoms with Gasteiger partial charge in [-0.2, -0.15) is 0 Å². The molecule has 0 radical (unpaired) electrons. The van der Waals surface area contributed by atoms with Crippen molar-refractivity contribution in [1.29, 1.82) is 0 Å². The molecule has 3 aromatic carbocycles. The first-order chi connectivity index (χ1) is 27.4. The van der Waals surface area contributed by atoms with E-state index in [-0.39, 0.29) is 53.6 Å². The maximum atomic E-state index is 15.9. The van der Waals surface area contributed by atoms with E-state index in [0.29, 0.717) is 64.4 Å². The molecule has 4 unspecified atom stereocenters. The number of imidazole rings is 2. The summed E-state index contributed by atoms with van der Waals surface area (Å²) < 4.78 is 41.8. The Bertz CT molecular complexity index is 2290. The third-order valence-electron chi connectivity index (χ3n) is 11.2. The minimum atomic E-state index is -0.763. The van der Waals surface area contributed by atoms with Crippen LogP contribution in [0.4, 0.5) is 13.6 Å². The van der Waals surface area contributed by atoms with Crippen LogP contribution in [0.1, 0.15) is 77.1 Å². The molecule has 302 valence electrons. The van der Waals surface area contributed by atoms with Gasteiger partial charge in [0.1, 0.15) is 29.3 Å². The lowest BCUT2D eigenvalue weighted by Gasteiger charge is -2.30. The third kappa shape index (κ3) is 7.95. The van der Waals surface area contributed by atoms with Crippen LogP contribution >= 0.6 is 0 Å². The zero-order chi connectivity index (χ0) is 40.5. The minimum absolute atomic E-state index is 0.00553. The molecule has 2 saturated heterocycles. The second kappa shape index (κ2) is 16.6. The number of amides is 3. The quantitative estimate of drug-likeness (QED) is 0.0988. The van der Waals surface area contributed by atoms with E-state index >= 15 is 8.78 Å². The summed E-state index contributed by atoms with van der Waals surface area (Å²) in [6.07, 6.45) is 2.37. The number of benzene rings is 3. The molecule has 4 atom stereocenters. The number of hydrogen-bond acceptors (Lipinski definition) is 8. The molecule has 15 heteroatoms. The Balaban J connectivity index is 1.11. The molecular weight excluding hydrogens is 735 g/mol. The van der Waals surface area contributed by atoms with Gasteiger partial charge in [0.25, 0.3) is 0 Å². The van der Waals surface area contributed by atoms with E-state index in [1.807, 2.05) is 32.6 Å². The summed E-state index contributed by atoms with van der Waals surface area (Å²) in [6.45, 7) is 9.10. The highest BCUT2D eigenvalue weighted by atomic mass is 19.1. The van der Waals surface area contributed by atoms with E-state index in [0.717, 1.165) is 19.3 Å². The fourth-order valence-corrected chi connectivity index (χ4v) is 8.17. The van der Waals surface area contributed by atoms with Crippen molar-refractivity contribution < 1.29 is 32.6 Å². The molecule has 2 aliphatic rings. The SMILES string of the molecule is COCNC(C(=O)N1CCCC1c1nc2ccc(-c3cc(F)c(-c4ccc5nc(C6CCCN6C(=O)C(NC(=O)OC)C(C)C)[nH]c5c4)cc3F)cc2[nH]1)C(C)C. The predicted molar refractivity (Wildman–Crippen MR) is 212 cm³/mol. The van der Waals surface area contributed by atoms with Gasteiger partial charge in [0, 0.05) is 31.3 Å². The Morgan fingerprint density at radius 1 is 0.754 bits per heavy atom. The molecule has 13 nitrogen and oxygen atoms in total.